The van der Waals surface area contributed by atoms with Crippen LogP contribution in [0.5, 0.6) is 0 Å². The molecular weight excluding hydrogens is 242 g/mol. The number of hydrogen-bond acceptors (Lipinski definition) is 2. The van der Waals surface area contributed by atoms with Crippen molar-refractivity contribution in [2.24, 2.45) is 0 Å². The van der Waals surface area contributed by atoms with Gasteiger partial charge in [0.25, 0.3) is 0 Å². The van der Waals surface area contributed by atoms with Crippen molar-refractivity contribution in [1.82, 2.24) is 0 Å². The minimum atomic E-state index is -0.798. The van der Waals surface area contributed by atoms with E-state index in [-0.39, 0.29) is 0 Å². The van der Waals surface area contributed by atoms with E-state index in [0.29, 0.717) is 18.5 Å². The van der Waals surface area contributed by atoms with Gasteiger partial charge in [-0.25, -0.2) is 0 Å². The molecule has 1 rings (SSSR count). The molecule has 0 aliphatic carbocycles. The van der Waals surface area contributed by atoms with Crippen LogP contribution in [-0.4, -0.2) is 5.11 Å². The molecule has 0 heterocycles. The Bertz CT molecular complexity index is 321. The molecule has 0 fully saturated rings. The first-order valence-corrected chi connectivity index (χ1v) is 5.60. The van der Waals surface area contributed by atoms with E-state index in [9.17, 15) is 5.11 Å². The van der Waals surface area contributed by atoms with Crippen LogP contribution in [0.15, 0.2) is 22.7 Å². The average Bonchev–Trinajstić information content (AvgIpc) is 2.20. The van der Waals surface area contributed by atoms with Crippen molar-refractivity contribution in [2.45, 2.75) is 32.3 Å². The van der Waals surface area contributed by atoms with Crippen LogP contribution in [-0.2, 0) is 5.60 Å². The Morgan fingerprint density at radius 2 is 1.93 bits per heavy atom. The van der Waals surface area contributed by atoms with Crippen molar-refractivity contribution in [2.75, 3.05) is 5.73 Å². The van der Waals surface area contributed by atoms with Crippen molar-refractivity contribution >= 4 is 21.6 Å². The van der Waals surface area contributed by atoms with Gasteiger partial charge in [0, 0.05) is 15.7 Å². The van der Waals surface area contributed by atoms with E-state index in [2.05, 4.69) is 15.9 Å². The zero-order valence-electron chi connectivity index (χ0n) is 8.55. The first-order chi connectivity index (χ1) is 6.53. The average molecular weight is 258 g/mol. The first-order valence-electron chi connectivity index (χ1n) is 4.81. The third kappa shape index (κ3) is 2.10. The van der Waals surface area contributed by atoms with Gasteiger partial charge in [-0.15, -0.1) is 0 Å². The van der Waals surface area contributed by atoms with Crippen LogP contribution >= 0.6 is 15.9 Å². The summed E-state index contributed by atoms with van der Waals surface area (Å²) in [6, 6.07) is 5.59. The van der Waals surface area contributed by atoms with Gasteiger partial charge in [0.1, 0.15) is 0 Å². The summed E-state index contributed by atoms with van der Waals surface area (Å²) in [5.74, 6) is 0. The lowest BCUT2D eigenvalue weighted by Crippen LogP contribution is -2.24. The third-order valence-corrected chi connectivity index (χ3v) is 3.18. The molecule has 0 amide bonds. The molecule has 0 aliphatic heterocycles. The van der Waals surface area contributed by atoms with Crippen molar-refractivity contribution in [3.8, 4) is 0 Å². The lowest BCUT2D eigenvalue weighted by Gasteiger charge is -2.27. The molecule has 0 saturated carbocycles. The summed E-state index contributed by atoms with van der Waals surface area (Å²) in [6.45, 7) is 3.92. The van der Waals surface area contributed by atoms with Crippen molar-refractivity contribution in [1.29, 1.82) is 0 Å². The molecule has 0 aliphatic rings. The maximum Gasteiger partial charge on any atom is 0.0911 e. The van der Waals surface area contributed by atoms with Crippen LogP contribution < -0.4 is 5.73 Å². The zero-order chi connectivity index (χ0) is 10.8. The zero-order valence-corrected chi connectivity index (χ0v) is 10.1. The van der Waals surface area contributed by atoms with E-state index < -0.39 is 5.60 Å². The van der Waals surface area contributed by atoms with Gasteiger partial charge in [0.15, 0.2) is 0 Å². The quantitative estimate of drug-likeness (QED) is 0.818. The largest absolute Gasteiger partial charge is 0.398 e. The fourth-order valence-corrected chi connectivity index (χ4v) is 1.92. The molecule has 0 aromatic heterocycles. The number of anilines is 1. The monoisotopic (exact) mass is 257 g/mol. The van der Waals surface area contributed by atoms with Crippen molar-refractivity contribution in [3.63, 3.8) is 0 Å². The first kappa shape index (κ1) is 11.5. The van der Waals surface area contributed by atoms with Gasteiger partial charge in [-0.3, -0.25) is 0 Å². The molecule has 3 N–H and O–H groups in total. The lowest BCUT2D eigenvalue weighted by atomic mass is 9.87. The molecule has 0 spiro atoms. The number of halogens is 1. The summed E-state index contributed by atoms with van der Waals surface area (Å²) in [6.07, 6.45) is 1.34. The van der Waals surface area contributed by atoms with Crippen molar-refractivity contribution < 1.29 is 5.11 Å². The van der Waals surface area contributed by atoms with Crippen LogP contribution in [0.25, 0.3) is 0 Å². The molecule has 3 heteroatoms. The Morgan fingerprint density at radius 1 is 1.36 bits per heavy atom. The standard InChI is InChI=1S/C11H16BrNO/c1-3-11(14,4-2)9-7-8(12)5-6-10(9)13/h5-7,14H,3-4,13H2,1-2H3. The number of benzene rings is 1. The van der Waals surface area contributed by atoms with E-state index >= 15 is 0 Å². The van der Waals surface area contributed by atoms with Crippen LogP contribution in [0.3, 0.4) is 0 Å². The highest BCUT2D eigenvalue weighted by Gasteiger charge is 2.26. The minimum absolute atomic E-state index is 0.652. The Morgan fingerprint density at radius 3 is 2.43 bits per heavy atom. The van der Waals surface area contributed by atoms with Gasteiger partial charge < -0.3 is 10.8 Å². The predicted molar refractivity (Wildman–Crippen MR) is 63.0 cm³/mol. The van der Waals surface area contributed by atoms with E-state index in [4.69, 9.17) is 5.73 Å². The normalized spacial score (nSPS) is 11.7. The van der Waals surface area contributed by atoms with Crippen LogP contribution in [0.1, 0.15) is 32.3 Å². The lowest BCUT2D eigenvalue weighted by molar-refractivity contribution is 0.0291. The number of nitrogen functional groups attached to an aromatic ring is 1. The fourth-order valence-electron chi connectivity index (χ4n) is 1.56. The Labute approximate surface area is 93.3 Å². The second kappa shape index (κ2) is 4.32. The predicted octanol–water partition coefficient (Wildman–Crippen LogP) is 3.04. The van der Waals surface area contributed by atoms with Gasteiger partial charge in [-0.1, -0.05) is 29.8 Å². The molecule has 1 aromatic carbocycles. The van der Waals surface area contributed by atoms with Gasteiger partial charge in [0.05, 0.1) is 5.60 Å². The Hall–Kier alpha value is -0.540. The molecule has 1 aromatic rings. The fraction of sp³-hybridized carbons (Fsp3) is 0.455. The Balaban J connectivity index is 3.22. The molecule has 0 atom stereocenters. The topological polar surface area (TPSA) is 46.2 Å². The molecule has 14 heavy (non-hydrogen) atoms. The Kier molecular flexibility index (Phi) is 3.56. The van der Waals surface area contributed by atoms with E-state index in [1.165, 1.54) is 0 Å². The molecular formula is C11H16BrNO. The second-order valence-corrected chi connectivity index (χ2v) is 4.39. The highest BCUT2D eigenvalue weighted by Crippen LogP contribution is 2.34. The van der Waals surface area contributed by atoms with E-state index in [1.807, 2.05) is 32.0 Å². The molecule has 78 valence electrons. The van der Waals surface area contributed by atoms with Gasteiger partial charge in [0.2, 0.25) is 0 Å². The van der Waals surface area contributed by atoms with Crippen LogP contribution in [0.4, 0.5) is 5.69 Å². The third-order valence-electron chi connectivity index (χ3n) is 2.69. The molecule has 0 unspecified atom stereocenters. The van der Waals surface area contributed by atoms with Crippen molar-refractivity contribution in [3.05, 3.63) is 28.2 Å². The van der Waals surface area contributed by atoms with Gasteiger partial charge >= 0.3 is 0 Å². The van der Waals surface area contributed by atoms with Crippen LogP contribution in [0.2, 0.25) is 0 Å². The maximum absolute atomic E-state index is 10.3. The summed E-state index contributed by atoms with van der Waals surface area (Å²) < 4.78 is 0.946. The number of rotatable bonds is 3. The maximum atomic E-state index is 10.3. The highest BCUT2D eigenvalue weighted by atomic mass is 79.9. The van der Waals surface area contributed by atoms with E-state index in [1.54, 1.807) is 0 Å². The number of aliphatic hydroxyl groups is 1. The molecule has 0 bridgehead atoms. The van der Waals surface area contributed by atoms with Gasteiger partial charge in [-0.2, -0.15) is 0 Å². The SMILES string of the molecule is CCC(O)(CC)c1cc(Br)ccc1N. The summed E-state index contributed by atoms with van der Waals surface area (Å²) in [5, 5.41) is 10.3. The van der Waals surface area contributed by atoms with Gasteiger partial charge in [-0.05, 0) is 31.0 Å². The summed E-state index contributed by atoms with van der Waals surface area (Å²) >= 11 is 3.38. The second-order valence-electron chi connectivity index (χ2n) is 3.47. The van der Waals surface area contributed by atoms with Crippen LogP contribution in [0, 0.1) is 0 Å². The molecule has 0 saturated heterocycles. The molecule has 0 radical (unpaired) electrons. The number of nitrogens with two attached hydrogens (primary N) is 1. The summed E-state index contributed by atoms with van der Waals surface area (Å²) in [4.78, 5) is 0. The summed E-state index contributed by atoms with van der Waals surface area (Å²) in [5.41, 5.74) is 6.52. The summed E-state index contributed by atoms with van der Waals surface area (Å²) in [7, 11) is 0. The minimum Gasteiger partial charge on any atom is -0.398 e. The smallest absolute Gasteiger partial charge is 0.0911 e. The number of hydrogen-bond donors (Lipinski definition) is 2. The highest BCUT2D eigenvalue weighted by molar-refractivity contribution is 9.10. The molecule has 2 nitrogen and oxygen atoms in total. The van der Waals surface area contributed by atoms with E-state index in [0.717, 1.165) is 10.0 Å².